The molecular weight excluding hydrogens is 212 g/mol. The Bertz CT molecular complexity index is 349. The summed E-state index contributed by atoms with van der Waals surface area (Å²) in [6.45, 7) is 9.40. The molecule has 1 aromatic rings. The zero-order valence-electron chi connectivity index (χ0n) is 11.0. The summed E-state index contributed by atoms with van der Waals surface area (Å²) in [5.74, 6) is 0.900. The third-order valence-corrected chi connectivity index (χ3v) is 3.24. The standard InChI is InChI=1S/C13H22N4/c1-4-14-12-5-7-17(8-6-12)13-15-10(2)9-11(3)16-13/h9,12,14H,4-8H2,1-3H3. The molecule has 0 aromatic carbocycles. The molecule has 4 heteroatoms. The van der Waals surface area contributed by atoms with E-state index < -0.39 is 0 Å². The summed E-state index contributed by atoms with van der Waals surface area (Å²) in [6, 6.07) is 2.69. The molecule has 17 heavy (non-hydrogen) atoms. The van der Waals surface area contributed by atoms with Crippen LogP contribution in [-0.4, -0.2) is 35.6 Å². The minimum Gasteiger partial charge on any atom is -0.341 e. The summed E-state index contributed by atoms with van der Waals surface area (Å²) in [5, 5.41) is 3.51. The molecule has 4 nitrogen and oxygen atoms in total. The first-order valence-corrected chi connectivity index (χ1v) is 6.49. The van der Waals surface area contributed by atoms with Crippen molar-refractivity contribution in [1.29, 1.82) is 0 Å². The number of rotatable bonds is 3. The van der Waals surface area contributed by atoms with E-state index in [4.69, 9.17) is 0 Å². The van der Waals surface area contributed by atoms with Gasteiger partial charge in [0, 0.05) is 30.5 Å². The number of hydrogen-bond acceptors (Lipinski definition) is 4. The molecule has 1 aromatic heterocycles. The van der Waals surface area contributed by atoms with Crippen LogP contribution < -0.4 is 10.2 Å². The highest BCUT2D eigenvalue weighted by Crippen LogP contribution is 2.16. The summed E-state index contributed by atoms with van der Waals surface area (Å²) in [6.07, 6.45) is 2.37. The van der Waals surface area contributed by atoms with Gasteiger partial charge in [-0.1, -0.05) is 6.92 Å². The fraction of sp³-hybridized carbons (Fsp3) is 0.692. The van der Waals surface area contributed by atoms with Gasteiger partial charge in [-0.15, -0.1) is 0 Å². The summed E-state index contributed by atoms with van der Waals surface area (Å²) in [5.41, 5.74) is 2.11. The van der Waals surface area contributed by atoms with Gasteiger partial charge in [-0.05, 0) is 39.3 Å². The Labute approximate surface area is 103 Å². The van der Waals surface area contributed by atoms with E-state index in [1.54, 1.807) is 0 Å². The van der Waals surface area contributed by atoms with Crippen LogP contribution in [0.4, 0.5) is 5.95 Å². The Hall–Kier alpha value is -1.16. The molecular formula is C13H22N4. The minimum absolute atomic E-state index is 0.669. The highest BCUT2D eigenvalue weighted by Gasteiger charge is 2.20. The lowest BCUT2D eigenvalue weighted by Gasteiger charge is -2.32. The third-order valence-electron chi connectivity index (χ3n) is 3.24. The van der Waals surface area contributed by atoms with Gasteiger partial charge in [0.15, 0.2) is 0 Å². The Kier molecular flexibility index (Phi) is 3.94. The van der Waals surface area contributed by atoms with Crippen LogP contribution in [0.2, 0.25) is 0 Å². The van der Waals surface area contributed by atoms with E-state index in [2.05, 4.69) is 27.1 Å². The quantitative estimate of drug-likeness (QED) is 0.864. The predicted octanol–water partition coefficient (Wildman–Crippen LogP) is 1.67. The molecule has 0 unspecified atom stereocenters. The van der Waals surface area contributed by atoms with Gasteiger partial charge in [0.2, 0.25) is 5.95 Å². The zero-order valence-corrected chi connectivity index (χ0v) is 11.0. The van der Waals surface area contributed by atoms with Gasteiger partial charge < -0.3 is 10.2 Å². The molecule has 0 radical (unpaired) electrons. The van der Waals surface area contributed by atoms with Crippen LogP contribution in [0.25, 0.3) is 0 Å². The first kappa shape index (κ1) is 12.3. The number of nitrogens with one attached hydrogen (secondary N) is 1. The van der Waals surface area contributed by atoms with Crippen LogP contribution in [-0.2, 0) is 0 Å². The van der Waals surface area contributed by atoms with Gasteiger partial charge in [0.1, 0.15) is 0 Å². The van der Waals surface area contributed by atoms with Gasteiger partial charge in [-0.3, -0.25) is 0 Å². The molecule has 1 aliphatic heterocycles. The molecule has 0 atom stereocenters. The van der Waals surface area contributed by atoms with E-state index in [0.717, 1.165) is 37.0 Å². The van der Waals surface area contributed by atoms with Crippen molar-refractivity contribution in [2.45, 2.75) is 39.7 Å². The van der Waals surface area contributed by atoms with Gasteiger partial charge in [-0.2, -0.15) is 0 Å². The van der Waals surface area contributed by atoms with Crippen molar-refractivity contribution in [3.05, 3.63) is 17.5 Å². The van der Waals surface area contributed by atoms with E-state index in [1.807, 2.05) is 19.9 Å². The van der Waals surface area contributed by atoms with Crippen molar-refractivity contribution < 1.29 is 0 Å². The molecule has 0 aliphatic carbocycles. The van der Waals surface area contributed by atoms with Crippen molar-refractivity contribution >= 4 is 5.95 Å². The molecule has 0 amide bonds. The summed E-state index contributed by atoms with van der Waals surface area (Å²) in [4.78, 5) is 11.3. The summed E-state index contributed by atoms with van der Waals surface area (Å²) in [7, 11) is 0. The Balaban J connectivity index is 2.00. The van der Waals surface area contributed by atoms with E-state index >= 15 is 0 Å². The number of nitrogens with zero attached hydrogens (tertiary/aromatic N) is 3. The van der Waals surface area contributed by atoms with Crippen molar-refractivity contribution in [1.82, 2.24) is 15.3 Å². The largest absolute Gasteiger partial charge is 0.341 e. The maximum Gasteiger partial charge on any atom is 0.225 e. The lowest BCUT2D eigenvalue weighted by molar-refractivity contribution is 0.420. The average molecular weight is 234 g/mol. The summed E-state index contributed by atoms with van der Waals surface area (Å²) >= 11 is 0. The maximum absolute atomic E-state index is 4.52. The summed E-state index contributed by atoms with van der Waals surface area (Å²) < 4.78 is 0. The number of hydrogen-bond donors (Lipinski definition) is 1. The van der Waals surface area contributed by atoms with Crippen LogP contribution in [0, 0.1) is 13.8 Å². The average Bonchev–Trinajstić information content (AvgIpc) is 2.29. The van der Waals surface area contributed by atoms with Crippen molar-refractivity contribution in [3.8, 4) is 0 Å². The van der Waals surface area contributed by atoms with E-state index in [1.165, 1.54) is 12.8 Å². The van der Waals surface area contributed by atoms with Crippen LogP contribution in [0.15, 0.2) is 6.07 Å². The number of anilines is 1. The Morgan fingerprint density at radius 3 is 2.35 bits per heavy atom. The molecule has 2 heterocycles. The second-order valence-electron chi connectivity index (χ2n) is 4.77. The lowest BCUT2D eigenvalue weighted by Crippen LogP contribution is -2.43. The van der Waals surface area contributed by atoms with Crippen LogP contribution in [0.1, 0.15) is 31.2 Å². The van der Waals surface area contributed by atoms with Crippen molar-refractivity contribution in [3.63, 3.8) is 0 Å². The Morgan fingerprint density at radius 1 is 1.24 bits per heavy atom. The number of aromatic nitrogens is 2. The molecule has 2 rings (SSSR count). The molecule has 94 valence electrons. The topological polar surface area (TPSA) is 41.0 Å². The normalized spacial score (nSPS) is 17.5. The monoisotopic (exact) mass is 234 g/mol. The van der Waals surface area contributed by atoms with E-state index in [-0.39, 0.29) is 0 Å². The first-order chi connectivity index (χ1) is 8.19. The fourth-order valence-corrected chi connectivity index (χ4v) is 2.42. The molecule has 1 fully saturated rings. The highest BCUT2D eigenvalue weighted by molar-refractivity contribution is 5.32. The SMILES string of the molecule is CCNC1CCN(c2nc(C)cc(C)n2)CC1. The lowest BCUT2D eigenvalue weighted by atomic mass is 10.1. The molecule has 1 N–H and O–H groups in total. The van der Waals surface area contributed by atoms with Crippen molar-refractivity contribution in [2.24, 2.45) is 0 Å². The van der Waals surface area contributed by atoms with Gasteiger partial charge >= 0.3 is 0 Å². The highest BCUT2D eigenvalue weighted by atomic mass is 15.3. The molecule has 1 saturated heterocycles. The molecule has 0 bridgehead atoms. The third kappa shape index (κ3) is 3.16. The first-order valence-electron chi connectivity index (χ1n) is 6.49. The van der Waals surface area contributed by atoms with E-state index in [0.29, 0.717) is 6.04 Å². The van der Waals surface area contributed by atoms with Crippen molar-refractivity contribution in [2.75, 3.05) is 24.5 Å². The molecule has 0 saturated carbocycles. The molecule has 0 spiro atoms. The maximum atomic E-state index is 4.52. The van der Waals surface area contributed by atoms with Crippen LogP contribution in [0.5, 0.6) is 0 Å². The van der Waals surface area contributed by atoms with Gasteiger partial charge in [0.05, 0.1) is 0 Å². The predicted molar refractivity (Wildman–Crippen MR) is 70.4 cm³/mol. The van der Waals surface area contributed by atoms with Crippen LogP contribution >= 0.6 is 0 Å². The minimum atomic E-state index is 0.669. The number of piperidine rings is 1. The van der Waals surface area contributed by atoms with Gasteiger partial charge in [0.25, 0.3) is 0 Å². The Morgan fingerprint density at radius 2 is 1.82 bits per heavy atom. The zero-order chi connectivity index (χ0) is 12.3. The van der Waals surface area contributed by atoms with Gasteiger partial charge in [-0.25, -0.2) is 9.97 Å². The molecule has 1 aliphatic rings. The second kappa shape index (κ2) is 5.45. The smallest absolute Gasteiger partial charge is 0.225 e. The fourth-order valence-electron chi connectivity index (χ4n) is 2.42. The second-order valence-corrected chi connectivity index (χ2v) is 4.77. The number of aryl methyl sites for hydroxylation is 2. The van der Waals surface area contributed by atoms with E-state index in [9.17, 15) is 0 Å². The van der Waals surface area contributed by atoms with Crippen LogP contribution in [0.3, 0.4) is 0 Å².